The van der Waals surface area contributed by atoms with Gasteiger partial charge in [-0.3, -0.25) is 14.5 Å². The van der Waals surface area contributed by atoms with Crippen LogP contribution >= 0.6 is 0 Å². The molecule has 0 bridgehead atoms. The Morgan fingerprint density at radius 1 is 1.14 bits per heavy atom. The second-order valence-electron chi connectivity index (χ2n) is 7.35. The molecule has 1 atom stereocenters. The molecule has 0 radical (unpaired) electrons. The van der Waals surface area contributed by atoms with Gasteiger partial charge in [-0.2, -0.15) is 0 Å². The number of hydrogen-bond acceptors (Lipinski definition) is 4. The van der Waals surface area contributed by atoms with Crippen molar-refractivity contribution in [2.24, 2.45) is 5.92 Å². The number of ether oxygens (including phenoxy) is 1. The first-order chi connectivity index (χ1) is 13.3. The summed E-state index contributed by atoms with van der Waals surface area (Å²) in [5, 5.41) is 10.7. The topological polar surface area (TPSA) is 66.8 Å². The standard InChI is InChI=1S/C23H25NO4/c1-13(2)21(25)19-20(16-9-7-10-17(12-16)28-5)24(23(27)22(19)26)18-11-6-8-14(3)15(18)4/h6-13,20,26H,1-5H3. The van der Waals surface area contributed by atoms with E-state index < -0.39 is 17.7 Å². The summed E-state index contributed by atoms with van der Waals surface area (Å²) in [7, 11) is 1.56. The van der Waals surface area contributed by atoms with Gasteiger partial charge >= 0.3 is 0 Å². The summed E-state index contributed by atoms with van der Waals surface area (Å²) in [5.74, 6) is -1.02. The van der Waals surface area contributed by atoms with Crippen molar-refractivity contribution in [1.82, 2.24) is 0 Å². The van der Waals surface area contributed by atoms with Crippen LogP contribution in [0.2, 0.25) is 0 Å². The molecule has 0 saturated heterocycles. The summed E-state index contributed by atoms with van der Waals surface area (Å²) in [6.07, 6.45) is 0. The fourth-order valence-electron chi connectivity index (χ4n) is 3.54. The van der Waals surface area contributed by atoms with E-state index in [0.717, 1.165) is 11.1 Å². The Balaban J connectivity index is 2.25. The van der Waals surface area contributed by atoms with Crippen LogP contribution in [0.15, 0.2) is 53.8 Å². The van der Waals surface area contributed by atoms with Crippen LogP contribution in [-0.4, -0.2) is 23.9 Å². The molecule has 0 saturated carbocycles. The molecule has 0 aromatic heterocycles. The molecule has 5 nitrogen and oxygen atoms in total. The molecule has 0 fully saturated rings. The van der Waals surface area contributed by atoms with Crippen LogP contribution in [0.1, 0.15) is 36.6 Å². The smallest absolute Gasteiger partial charge is 0.294 e. The van der Waals surface area contributed by atoms with Crippen LogP contribution in [0.5, 0.6) is 5.75 Å². The van der Waals surface area contributed by atoms with Gasteiger partial charge in [0.05, 0.1) is 18.7 Å². The van der Waals surface area contributed by atoms with Crippen LogP contribution < -0.4 is 9.64 Å². The van der Waals surface area contributed by atoms with E-state index >= 15 is 0 Å². The number of benzene rings is 2. The molecule has 2 aromatic carbocycles. The molecule has 1 aliphatic heterocycles. The number of carbonyl (C=O) groups is 2. The highest BCUT2D eigenvalue weighted by molar-refractivity contribution is 6.17. The number of ketones is 1. The fourth-order valence-corrected chi connectivity index (χ4v) is 3.54. The third-order valence-corrected chi connectivity index (χ3v) is 5.24. The quantitative estimate of drug-likeness (QED) is 0.834. The maximum atomic E-state index is 13.1. The lowest BCUT2D eigenvalue weighted by Gasteiger charge is -2.29. The van der Waals surface area contributed by atoms with Crippen molar-refractivity contribution in [2.45, 2.75) is 33.7 Å². The number of nitrogens with zero attached hydrogens (tertiary/aromatic N) is 1. The average Bonchev–Trinajstić information content (AvgIpc) is 2.94. The Morgan fingerprint density at radius 3 is 2.46 bits per heavy atom. The van der Waals surface area contributed by atoms with Crippen molar-refractivity contribution < 1.29 is 19.4 Å². The minimum Gasteiger partial charge on any atom is -0.503 e. The van der Waals surface area contributed by atoms with Crippen LogP contribution in [0.4, 0.5) is 5.69 Å². The molecule has 1 heterocycles. The number of methoxy groups -OCH3 is 1. The molecule has 3 rings (SSSR count). The number of Topliss-reactive ketones (excluding diaryl/α,β-unsaturated/α-hetero) is 1. The highest BCUT2D eigenvalue weighted by Gasteiger charge is 2.45. The summed E-state index contributed by atoms with van der Waals surface area (Å²) in [5.41, 5.74) is 3.47. The monoisotopic (exact) mass is 379 g/mol. The summed E-state index contributed by atoms with van der Waals surface area (Å²) < 4.78 is 5.33. The zero-order valence-corrected chi connectivity index (χ0v) is 16.8. The minimum absolute atomic E-state index is 0.133. The van der Waals surface area contributed by atoms with Crippen LogP contribution in [0.3, 0.4) is 0 Å². The van der Waals surface area contributed by atoms with Gasteiger partial charge in [0.25, 0.3) is 5.91 Å². The molecular weight excluding hydrogens is 354 g/mol. The number of amides is 1. The van der Waals surface area contributed by atoms with Crippen molar-refractivity contribution in [3.05, 3.63) is 70.5 Å². The van der Waals surface area contributed by atoms with E-state index in [9.17, 15) is 14.7 Å². The van der Waals surface area contributed by atoms with Crippen molar-refractivity contribution in [3.8, 4) is 5.75 Å². The molecule has 1 N–H and O–H groups in total. The second kappa shape index (κ2) is 7.50. The van der Waals surface area contributed by atoms with Gasteiger partial charge in [0.2, 0.25) is 0 Å². The lowest BCUT2D eigenvalue weighted by Crippen LogP contribution is -2.32. The zero-order chi connectivity index (χ0) is 20.6. The van der Waals surface area contributed by atoms with E-state index in [0.29, 0.717) is 17.0 Å². The second-order valence-corrected chi connectivity index (χ2v) is 7.35. The predicted octanol–water partition coefficient (Wildman–Crippen LogP) is 4.44. The minimum atomic E-state index is -0.710. The molecule has 28 heavy (non-hydrogen) atoms. The summed E-state index contributed by atoms with van der Waals surface area (Å²) in [6.45, 7) is 7.42. The first kappa shape index (κ1) is 19.7. The van der Waals surface area contributed by atoms with Crippen LogP contribution in [0.25, 0.3) is 0 Å². The largest absolute Gasteiger partial charge is 0.503 e. The van der Waals surface area contributed by atoms with Crippen molar-refractivity contribution in [1.29, 1.82) is 0 Å². The lowest BCUT2D eigenvalue weighted by molar-refractivity contribution is -0.119. The number of aryl methyl sites for hydroxylation is 1. The van der Waals surface area contributed by atoms with Gasteiger partial charge in [-0.15, -0.1) is 0 Å². The number of aliphatic hydroxyl groups is 1. The molecule has 2 aromatic rings. The normalized spacial score (nSPS) is 16.9. The zero-order valence-electron chi connectivity index (χ0n) is 16.8. The maximum absolute atomic E-state index is 13.1. The Hall–Kier alpha value is -3.08. The van der Waals surface area contributed by atoms with E-state index in [2.05, 4.69) is 0 Å². The molecule has 0 aliphatic carbocycles. The molecular formula is C23H25NO4. The first-order valence-electron chi connectivity index (χ1n) is 9.29. The van der Waals surface area contributed by atoms with Gasteiger partial charge in [-0.25, -0.2) is 0 Å². The fraction of sp³-hybridized carbons (Fsp3) is 0.304. The first-order valence-corrected chi connectivity index (χ1v) is 9.29. The number of carbonyl (C=O) groups excluding carboxylic acids is 2. The van der Waals surface area contributed by atoms with E-state index in [-0.39, 0.29) is 17.3 Å². The van der Waals surface area contributed by atoms with Gasteiger partial charge < -0.3 is 9.84 Å². The predicted molar refractivity (Wildman–Crippen MR) is 109 cm³/mol. The van der Waals surface area contributed by atoms with Gasteiger partial charge in [0, 0.05) is 11.6 Å². The van der Waals surface area contributed by atoms with Crippen molar-refractivity contribution in [3.63, 3.8) is 0 Å². The maximum Gasteiger partial charge on any atom is 0.294 e. The molecule has 5 heteroatoms. The van der Waals surface area contributed by atoms with Gasteiger partial charge in [0.1, 0.15) is 5.75 Å². The summed E-state index contributed by atoms with van der Waals surface area (Å²) >= 11 is 0. The Morgan fingerprint density at radius 2 is 1.82 bits per heavy atom. The molecule has 1 unspecified atom stereocenters. The van der Waals surface area contributed by atoms with Gasteiger partial charge in [-0.1, -0.05) is 38.1 Å². The third kappa shape index (κ3) is 3.17. The number of rotatable bonds is 5. The number of anilines is 1. The van der Waals surface area contributed by atoms with E-state index in [1.807, 2.05) is 44.2 Å². The molecule has 146 valence electrons. The molecule has 1 aliphatic rings. The van der Waals surface area contributed by atoms with Gasteiger partial charge in [0.15, 0.2) is 11.5 Å². The third-order valence-electron chi connectivity index (χ3n) is 5.24. The van der Waals surface area contributed by atoms with E-state index in [1.54, 1.807) is 33.1 Å². The number of aliphatic hydroxyl groups excluding tert-OH is 1. The van der Waals surface area contributed by atoms with Gasteiger partial charge in [-0.05, 0) is 48.7 Å². The Bertz CT molecular complexity index is 974. The van der Waals surface area contributed by atoms with Crippen LogP contribution in [-0.2, 0) is 9.59 Å². The van der Waals surface area contributed by atoms with E-state index in [1.165, 1.54) is 4.90 Å². The average molecular weight is 379 g/mol. The van der Waals surface area contributed by atoms with Crippen molar-refractivity contribution >= 4 is 17.4 Å². The lowest BCUT2D eigenvalue weighted by atomic mass is 9.90. The number of hydrogen-bond donors (Lipinski definition) is 1. The van der Waals surface area contributed by atoms with Crippen molar-refractivity contribution in [2.75, 3.05) is 12.0 Å². The van der Waals surface area contributed by atoms with E-state index in [4.69, 9.17) is 4.74 Å². The highest BCUT2D eigenvalue weighted by Crippen LogP contribution is 2.43. The molecule has 0 spiro atoms. The SMILES string of the molecule is COc1cccc(C2C(C(=O)C(C)C)=C(O)C(=O)N2c2cccc(C)c2C)c1. The summed E-state index contributed by atoms with van der Waals surface area (Å²) in [4.78, 5) is 27.5. The highest BCUT2D eigenvalue weighted by atomic mass is 16.5. The molecule has 1 amide bonds. The Labute approximate surface area is 165 Å². The summed E-state index contributed by atoms with van der Waals surface area (Å²) in [6, 6.07) is 12.2. The Kier molecular flexibility index (Phi) is 5.27. The van der Waals surface area contributed by atoms with Crippen LogP contribution in [0, 0.1) is 19.8 Å².